The Bertz CT molecular complexity index is 1200. The van der Waals surface area contributed by atoms with Gasteiger partial charge < -0.3 is 5.11 Å². The predicted octanol–water partition coefficient (Wildman–Crippen LogP) is 2.10. The second kappa shape index (κ2) is 9.43. The van der Waals surface area contributed by atoms with Gasteiger partial charge in [0.2, 0.25) is 10.0 Å². The number of nitrogens with zero attached hydrogens (tertiary/aromatic N) is 5. The highest BCUT2D eigenvalue weighted by Gasteiger charge is 2.37. The molecule has 1 unspecified atom stereocenters. The van der Waals surface area contributed by atoms with E-state index in [9.17, 15) is 22.3 Å². The number of aromatic nitrogens is 3. The molecule has 0 spiro atoms. The lowest BCUT2D eigenvalue weighted by molar-refractivity contribution is -0.0274. The number of rotatable bonds is 7. The van der Waals surface area contributed by atoms with Gasteiger partial charge in [0.05, 0.1) is 11.4 Å². The van der Waals surface area contributed by atoms with Crippen LogP contribution in [-0.4, -0.2) is 70.2 Å². The standard InChI is InChI=1S/C21H22ClF2N5O3S/c22-16-1-4-18(5-2-16)33(31,32)29-9-7-27(8-10-29)12-21(30,13-28-15-25-14-26-28)19-6-3-17(23)11-20(19)24/h1-6,11,14-15,30H,7-10,12-13H2. The Morgan fingerprint density at radius 3 is 2.33 bits per heavy atom. The molecular formula is C21H22ClF2N5O3S. The van der Waals surface area contributed by atoms with Crippen LogP contribution >= 0.6 is 11.6 Å². The Morgan fingerprint density at radius 1 is 1.03 bits per heavy atom. The lowest BCUT2D eigenvalue weighted by Gasteiger charge is -2.39. The van der Waals surface area contributed by atoms with Gasteiger partial charge in [-0.1, -0.05) is 17.7 Å². The minimum Gasteiger partial charge on any atom is -0.382 e. The Labute approximate surface area is 195 Å². The van der Waals surface area contributed by atoms with Crippen LogP contribution < -0.4 is 0 Å². The van der Waals surface area contributed by atoms with Crippen molar-refractivity contribution >= 4 is 21.6 Å². The van der Waals surface area contributed by atoms with Gasteiger partial charge in [0.25, 0.3) is 0 Å². The highest BCUT2D eigenvalue weighted by atomic mass is 35.5. The van der Waals surface area contributed by atoms with Gasteiger partial charge in [0.1, 0.15) is 29.9 Å². The van der Waals surface area contributed by atoms with Crippen LogP contribution in [0.25, 0.3) is 0 Å². The summed E-state index contributed by atoms with van der Waals surface area (Å²) in [6.45, 7) is 0.889. The van der Waals surface area contributed by atoms with Crippen LogP contribution in [-0.2, 0) is 22.2 Å². The van der Waals surface area contributed by atoms with Crippen molar-refractivity contribution in [2.75, 3.05) is 32.7 Å². The maximum absolute atomic E-state index is 14.6. The zero-order valence-electron chi connectivity index (χ0n) is 17.5. The van der Waals surface area contributed by atoms with E-state index in [0.29, 0.717) is 18.1 Å². The van der Waals surface area contributed by atoms with E-state index < -0.39 is 27.3 Å². The monoisotopic (exact) mass is 497 g/mol. The fourth-order valence-corrected chi connectivity index (χ4v) is 5.47. The molecule has 1 atom stereocenters. The summed E-state index contributed by atoms with van der Waals surface area (Å²) in [5.74, 6) is -1.62. The first-order chi connectivity index (χ1) is 15.7. The average Bonchev–Trinajstić information content (AvgIpc) is 3.27. The Kier molecular flexibility index (Phi) is 6.78. The van der Waals surface area contributed by atoms with Crippen molar-refractivity contribution in [2.24, 2.45) is 0 Å². The summed E-state index contributed by atoms with van der Waals surface area (Å²) < 4.78 is 56.6. The zero-order valence-corrected chi connectivity index (χ0v) is 19.1. The highest BCUT2D eigenvalue weighted by molar-refractivity contribution is 7.89. The lowest BCUT2D eigenvalue weighted by atomic mass is 9.92. The number of β-amino-alcohol motifs (C(OH)–C–C–N with tert-alkyl or cyclic N) is 1. The molecule has 1 N–H and O–H groups in total. The first-order valence-electron chi connectivity index (χ1n) is 10.2. The SMILES string of the molecule is O=S(=O)(c1ccc(Cl)cc1)N1CCN(CC(O)(Cn2cncn2)c2ccc(F)cc2F)CC1. The number of benzene rings is 2. The summed E-state index contributed by atoms with van der Waals surface area (Å²) in [6.07, 6.45) is 2.69. The fourth-order valence-electron chi connectivity index (χ4n) is 3.92. The molecule has 3 aromatic rings. The van der Waals surface area contributed by atoms with E-state index in [1.165, 1.54) is 52.0 Å². The van der Waals surface area contributed by atoms with Crippen LogP contribution in [0.1, 0.15) is 5.56 Å². The molecule has 1 aliphatic heterocycles. The predicted molar refractivity (Wildman–Crippen MR) is 117 cm³/mol. The van der Waals surface area contributed by atoms with Crippen LogP contribution in [0.3, 0.4) is 0 Å². The third-order valence-electron chi connectivity index (χ3n) is 5.59. The number of piperazine rings is 1. The van der Waals surface area contributed by atoms with E-state index in [1.807, 2.05) is 4.90 Å². The molecule has 1 aromatic heterocycles. The minimum absolute atomic E-state index is 0.00968. The smallest absolute Gasteiger partial charge is 0.243 e. The topological polar surface area (TPSA) is 91.6 Å². The van der Waals surface area contributed by atoms with Gasteiger partial charge in [-0.2, -0.15) is 9.40 Å². The summed E-state index contributed by atoms with van der Waals surface area (Å²) in [6, 6.07) is 8.97. The van der Waals surface area contributed by atoms with Gasteiger partial charge in [-0.25, -0.2) is 26.9 Å². The molecule has 1 fully saturated rings. The van der Waals surface area contributed by atoms with E-state index in [-0.39, 0.29) is 36.6 Å². The summed E-state index contributed by atoms with van der Waals surface area (Å²) in [7, 11) is -3.69. The normalized spacial score (nSPS) is 17.7. The number of halogens is 3. The highest BCUT2D eigenvalue weighted by Crippen LogP contribution is 2.29. The van der Waals surface area contributed by atoms with Gasteiger partial charge >= 0.3 is 0 Å². The van der Waals surface area contributed by atoms with E-state index in [1.54, 1.807) is 0 Å². The molecule has 0 amide bonds. The van der Waals surface area contributed by atoms with Crippen molar-refractivity contribution in [1.82, 2.24) is 24.0 Å². The maximum atomic E-state index is 14.6. The molecule has 176 valence electrons. The van der Waals surface area contributed by atoms with Crippen molar-refractivity contribution < 1.29 is 22.3 Å². The van der Waals surface area contributed by atoms with Crippen molar-refractivity contribution in [3.05, 3.63) is 77.3 Å². The molecule has 0 saturated carbocycles. The van der Waals surface area contributed by atoms with Crippen molar-refractivity contribution in [3.8, 4) is 0 Å². The average molecular weight is 498 g/mol. The van der Waals surface area contributed by atoms with Crippen LogP contribution in [0.2, 0.25) is 5.02 Å². The maximum Gasteiger partial charge on any atom is 0.243 e. The second-order valence-electron chi connectivity index (χ2n) is 7.88. The van der Waals surface area contributed by atoms with Crippen LogP contribution in [0.5, 0.6) is 0 Å². The Hall–Kier alpha value is -2.44. The van der Waals surface area contributed by atoms with Gasteiger partial charge in [-0.05, 0) is 30.3 Å². The summed E-state index contributed by atoms with van der Waals surface area (Å²) in [5, 5.41) is 15.9. The summed E-state index contributed by atoms with van der Waals surface area (Å²) >= 11 is 5.85. The molecule has 12 heteroatoms. The second-order valence-corrected chi connectivity index (χ2v) is 10.3. The molecule has 8 nitrogen and oxygen atoms in total. The number of aliphatic hydroxyl groups is 1. The fraction of sp³-hybridized carbons (Fsp3) is 0.333. The number of hydrogen-bond donors (Lipinski definition) is 1. The molecule has 1 aliphatic rings. The van der Waals surface area contributed by atoms with E-state index >= 15 is 0 Å². The van der Waals surface area contributed by atoms with E-state index in [2.05, 4.69) is 10.1 Å². The molecule has 0 bridgehead atoms. The minimum atomic E-state index is -3.69. The molecular weight excluding hydrogens is 476 g/mol. The van der Waals surface area contributed by atoms with E-state index in [4.69, 9.17) is 11.6 Å². The van der Waals surface area contributed by atoms with Gasteiger partial charge in [0, 0.05) is 49.4 Å². The van der Waals surface area contributed by atoms with Crippen LogP contribution in [0, 0.1) is 11.6 Å². The molecule has 33 heavy (non-hydrogen) atoms. The third-order valence-corrected chi connectivity index (χ3v) is 7.76. The third kappa shape index (κ3) is 5.22. The Balaban J connectivity index is 1.51. The van der Waals surface area contributed by atoms with Gasteiger partial charge in [-0.15, -0.1) is 0 Å². The van der Waals surface area contributed by atoms with Gasteiger partial charge in [-0.3, -0.25) is 4.90 Å². The Morgan fingerprint density at radius 2 is 1.73 bits per heavy atom. The number of sulfonamides is 1. The van der Waals surface area contributed by atoms with Crippen LogP contribution in [0.4, 0.5) is 8.78 Å². The van der Waals surface area contributed by atoms with Gasteiger partial charge in [0.15, 0.2) is 0 Å². The molecule has 2 aromatic carbocycles. The first-order valence-corrected chi connectivity index (χ1v) is 12.0. The first kappa shape index (κ1) is 23.7. The molecule has 0 radical (unpaired) electrons. The summed E-state index contributed by atoms with van der Waals surface area (Å²) in [5.41, 5.74) is -1.82. The van der Waals surface area contributed by atoms with Crippen molar-refractivity contribution in [2.45, 2.75) is 17.0 Å². The quantitative estimate of drug-likeness (QED) is 0.537. The number of hydrogen-bond acceptors (Lipinski definition) is 6. The van der Waals surface area contributed by atoms with Crippen LogP contribution in [0.15, 0.2) is 60.0 Å². The van der Waals surface area contributed by atoms with Crippen molar-refractivity contribution in [1.29, 1.82) is 0 Å². The van der Waals surface area contributed by atoms with E-state index in [0.717, 1.165) is 12.1 Å². The molecule has 1 saturated heterocycles. The molecule has 2 heterocycles. The molecule has 4 rings (SSSR count). The molecule has 0 aliphatic carbocycles. The largest absolute Gasteiger partial charge is 0.382 e. The zero-order chi connectivity index (χ0) is 23.6. The lowest BCUT2D eigenvalue weighted by Crippen LogP contribution is -2.53. The van der Waals surface area contributed by atoms with Crippen molar-refractivity contribution in [3.63, 3.8) is 0 Å². The summed E-state index contributed by atoms with van der Waals surface area (Å²) in [4.78, 5) is 5.84.